The van der Waals surface area contributed by atoms with Crippen LogP contribution in [0.15, 0.2) is 0 Å². The Kier molecular flexibility index (Phi) is 7.43. The summed E-state index contributed by atoms with van der Waals surface area (Å²) in [5, 5.41) is 0. The molecule has 1 saturated heterocycles. The summed E-state index contributed by atoms with van der Waals surface area (Å²) >= 11 is 0. The highest BCUT2D eigenvalue weighted by Gasteiger charge is 2.29. The molecule has 0 aromatic carbocycles. The summed E-state index contributed by atoms with van der Waals surface area (Å²) in [7, 11) is 1.58. The molecule has 0 spiro atoms. The maximum atomic E-state index is 11.9. The van der Waals surface area contributed by atoms with Gasteiger partial charge in [0.1, 0.15) is 6.61 Å². The van der Waals surface area contributed by atoms with Gasteiger partial charge in [-0.3, -0.25) is 9.59 Å². The average Bonchev–Trinajstić information content (AvgIpc) is 2.44. The van der Waals surface area contributed by atoms with Crippen LogP contribution in [0.25, 0.3) is 0 Å². The third kappa shape index (κ3) is 5.57. The first-order chi connectivity index (χ1) is 9.19. The van der Waals surface area contributed by atoms with Crippen LogP contribution in [0.2, 0.25) is 0 Å². The topological polar surface area (TPSA) is 65.1 Å². The van der Waals surface area contributed by atoms with Crippen molar-refractivity contribution in [3.05, 3.63) is 0 Å². The predicted molar refractivity (Wildman–Crippen MR) is 68.6 cm³/mol. The molecule has 0 aromatic rings. The van der Waals surface area contributed by atoms with Crippen molar-refractivity contribution in [2.45, 2.75) is 19.8 Å². The Labute approximate surface area is 114 Å². The number of hydrogen-bond acceptors (Lipinski definition) is 5. The maximum absolute atomic E-state index is 11.9. The number of carbonyl (C=O) groups excluding carboxylic acids is 2. The smallest absolute Gasteiger partial charge is 0.310 e. The van der Waals surface area contributed by atoms with Gasteiger partial charge in [-0.05, 0) is 19.8 Å². The molecule has 0 N–H and O–H groups in total. The lowest BCUT2D eigenvalue weighted by Gasteiger charge is -2.31. The van der Waals surface area contributed by atoms with Gasteiger partial charge in [0, 0.05) is 20.2 Å². The molecule has 0 bridgehead atoms. The molecule has 1 fully saturated rings. The van der Waals surface area contributed by atoms with E-state index < -0.39 is 0 Å². The van der Waals surface area contributed by atoms with Crippen molar-refractivity contribution in [2.24, 2.45) is 5.92 Å². The third-order valence-electron chi connectivity index (χ3n) is 3.05. The van der Waals surface area contributed by atoms with Crippen LogP contribution in [-0.4, -0.2) is 63.4 Å². The van der Waals surface area contributed by atoms with Gasteiger partial charge in [0.05, 0.1) is 25.7 Å². The van der Waals surface area contributed by atoms with Crippen molar-refractivity contribution in [3.8, 4) is 0 Å². The van der Waals surface area contributed by atoms with E-state index in [-0.39, 0.29) is 24.4 Å². The highest BCUT2D eigenvalue weighted by atomic mass is 16.5. The molecular formula is C13H23NO5. The van der Waals surface area contributed by atoms with Crippen molar-refractivity contribution < 1.29 is 23.8 Å². The fraction of sp³-hybridized carbons (Fsp3) is 0.846. The summed E-state index contributed by atoms with van der Waals surface area (Å²) in [5.41, 5.74) is 0. The van der Waals surface area contributed by atoms with Gasteiger partial charge in [-0.2, -0.15) is 0 Å². The number of methoxy groups -OCH3 is 1. The molecule has 0 radical (unpaired) electrons. The van der Waals surface area contributed by atoms with Crippen LogP contribution in [0.5, 0.6) is 0 Å². The molecular weight excluding hydrogens is 250 g/mol. The molecule has 6 heteroatoms. The molecule has 110 valence electrons. The van der Waals surface area contributed by atoms with Gasteiger partial charge in [-0.25, -0.2) is 0 Å². The van der Waals surface area contributed by atoms with E-state index in [0.717, 1.165) is 12.8 Å². The average molecular weight is 273 g/mol. The second kappa shape index (κ2) is 8.87. The van der Waals surface area contributed by atoms with Crippen LogP contribution in [-0.2, 0) is 23.8 Å². The molecule has 1 aliphatic rings. The molecule has 19 heavy (non-hydrogen) atoms. The van der Waals surface area contributed by atoms with Crippen molar-refractivity contribution in [3.63, 3.8) is 0 Å². The zero-order valence-corrected chi connectivity index (χ0v) is 11.7. The number of likely N-dealkylation sites (tertiary alicyclic amines) is 1. The third-order valence-corrected chi connectivity index (χ3v) is 3.05. The largest absolute Gasteiger partial charge is 0.466 e. The summed E-state index contributed by atoms with van der Waals surface area (Å²) in [6, 6.07) is 0. The zero-order chi connectivity index (χ0) is 14.1. The van der Waals surface area contributed by atoms with Crippen LogP contribution in [0, 0.1) is 5.92 Å². The van der Waals surface area contributed by atoms with E-state index in [4.69, 9.17) is 14.2 Å². The van der Waals surface area contributed by atoms with E-state index in [1.54, 1.807) is 18.9 Å². The number of esters is 1. The molecule has 1 rings (SSSR count). The number of piperidine rings is 1. The summed E-state index contributed by atoms with van der Waals surface area (Å²) in [6.07, 6.45) is 1.61. The zero-order valence-electron chi connectivity index (χ0n) is 11.7. The van der Waals surface area contributed by atoms with E-state index in [2.05, 4.69) is 0 Å². The maximum Gasteiger partial charge on any atom is 0.310 e. The SMILES string of the molecule is CCOC(=O)[C@@H]1CCCN(C(=O)COCCOC)C1. The highest BCUT2D eigenvalue weighted by molar-refractivity contribution is 5.79. The molecule has 0 aliphatic carbocycles. The van der Waals surface area contributed by atoms with Gasteiger partial charge in [-0.15, -0.1) is 0 Å². The minimum Gasteiger partial charge on any atom is -0.466 e. The molecule has 1 atom stereocenters. The number of hydrogen-bond donors (Lipinski definition) is 0. The molecule has 1 aliphatic heterocycles. The van der Waals surface area contributed by atoms with Crippen LogP contribution in [0.3, 0.4) is 0 Å². The van der Waals surface area contributed by atoms with E-state index in [1.165, 1.54) is 0 Å². The Hall–Kier alpha value is -1.14. The highest BCUT2D eigenvalue weighted by Crippen LogP contribution is 2.18. The van der Waals surface area contributed by atoms with Gasteiger partial charge < -0.3 is 19.1 Å². The Morgan fingerprint density at radius 1 is 1.32 bits per heavy atom. The monoisotopic (exact) mass is 273 g/mol. The molecule has 1 amide bonds. The van der Waals surface area contributed by atoms with Gasteiger partial charge in [0.25, 0.3) is 0 Å². The summed E-state index contributed by atoms with van der Waals surface area (Å²) in [6.45, 7) is 4.19. The second-order valence-electron chi connectivity index (χ2n) is 4.48. The van der Waals surface area contributed by atoms with E-state index >= 15 is 0 Å². The lowest BCUT2D eigenvalue weighted by molar-refractivity contribution is -0.152. The van der Waals surface area contributed by atoms with E-state index in [9.17, 15) is 9.59 Å². The lowest BCUT2D eigenvalue weighted by atomic mass is 9.98. The molecule has 0 unspecified atom stereocenters. The van der Waals surface area contributed by atoms with Crippen LogP contribution in [0.4, 0.5) is 0 Å². The van der Waals surface area contributed by atoms with Crippen LogP contribution >= 0.6 is 0 Å². The number of carbonyl (C=O) groups is 2. The Morgan fingerprint density at radius 2 is 2.11 bits per heavy atom. The van der Waals surface area contributed by atoms with Crippen molar-refractivity contribution in [1.29, 1.82) is 0 Å². The Morgan fingerprint density at radius 3 is 2.79 bits per heavy atom. The minimum absolute atomic E-state index is 0.0406. The van der Waals surface area contributed by atoms with Gasteiger partial charge in [0.15, 0.2) is 0 Å². The predicted octanol–water partition coefficient (Wildman–Crippen LogP) is 0.451. The number of amides is 1. The van der Waals surface area contributed by atoms with Crippen LogP contribution in [0.1, 0.15) is 19.8 Å². The number of rotatable bonds is 7. The fourth-order valence-electron chi connectivity index (χ4n) is 2.05. The fourth-order valence-corrected chi connectivity index (χ4v) is 2.05. The van der Waals surface area contributed by atoms with Gasteiger partial charge >= 0.3 is 5.97 Å². The van der Waals surface area contributed by atoms with Gasteiger partial charge in [0.2, 0.25) is 5.91 Å². The van der Waals surface area contributed by atoms with E-state index in [1.807, 2.05) is 0 Å². The normalized spacial score (nSPS) is 19.3. The number of nitrogens with zero attached hydrogens (tertiary/aromatic N) is 1. The van der Waals surface area contributed by atoms with Crippen LogP contribution < -0.4 is 0 Å². The lowest BCUT2D eigenvalue weighted by Crippen LogP contribution is -2.44. The van der Waals surface area contributed by atoms with Crippen molar-refractivity contribution in [2.75, 3.05) is 46.6 Å². The molecule has 6 nitrogen and oxygen atoms in total. The van der Waals surface area contributed by atoms with E-state index in [0.29, 0.717) is 32.9 Å². The summed E-state index contributed by atoms with van der Waals surface area (Å²) < 4.78 is 15.0. The Bertz CT molecular complexity index is 295. The summed E-state index contributed by atoms with van der Waals surface area (Å²) in [4.78, 5) is 25.2. The number of ether oxygens (including phenoxy) is 3. The molecule has 1 heterocycles. The van der Waals surface area contributed by atoms with Gasteiger partial charge in [-0.1, -0.05) is 0 Å². The molecule has 0 saturated carbocycles. The first-order valence-corrected chi connectivity index (χ1v) is 6.70. The standard InChI is InChI=1S/C13H23NO5/c1-3-19-13(16)11-5-4-6-14(9-11)12(15)10-18-8-7-17-2/h11H,3-10H2,1-2H3/t11-/m1/s1. The van der Waals surface area contributed by atoms with Crippen molar-refractivity contribution >= 4 is 11.9 Å². The first kappa shape index (κ1) is 15.9. The summed E-state index contributed by atoms with van der Waals surface area (Å²) in [5.74, 6) is -0.484. The second-order valence-corrected chi connectivity index (χ2v) is 4.48. The Balaban J connectivity index is 2.32. The first-order valence-electron chi connectivity index (χ1n) is 6.70. The van der Waals surface area contributed by atoms with Crippen molar-refractivity contribution in [1.82, 2.24) is 4.90 Å². The quantitative estimate of drug-likeness (QED) is 0.498. The molecule has 0 aromatic heterocycles. The minimum atomic E-state index is -0.208.